The van der Waals surface area contributed by atoms with Crippen molar-refractivity contribution in [1.29, 1.82) is 0 Å². The van der Waals surface area contributed by atoms with Crippen molar-refractivity contribution in [3.05, 3.63) is 64.7 Å². The Balaban J connectivity index is 1.64. The van der Waals surface area contributed by atoms with E-state index in [1.807, 2.05) is 24.3 Å². The molecular weight excluding hydrogens is 396 g/mol. The highest BCUT2D eigenvalue weighted by Gasteiger charge is 2.32. The molecule has 0 aromatic heterocycles. The van der Waals surface area contributed by atoms with Crippen molar-refractivity contribution in [2.75, 3.05) is 18.4 Å². The van der Waals surface area contributed by atoms with Gasteiger partial charge in [-0.05, 0) is 54.7 Å². The average Bonchev–Trinajstić information content (AvgIpc) is 2.68. The standard InChI is InChI=1S/C21H25ClN2O3S/c1-2-16-8-10-20(11-9-16)23-21(25)18-6-4-12-24(14-18)28(26,27)15-17-5-3-7-19(22)13-17/h3,5,7-11,13,18H,2,4,6,12,14-15H2,1H3,(H,23,25). The highest BCUT2D eigenvalue weighted by Crippen LogP contribution is 2.24. The van der Waals surface area contributed by atoms with E-state index >= 15 is 0 Å². The van der Waals surface area contributed by atoms with Crippen molar-refractivity contribution in [2.24, 2.45) is 5.92 Å². The molecule has 1 saturated heterocycles. The number of aryl methyl sites for hydroxylation is 1. The molecule has 1 N–H and O–H groups in total. The van der Waals surface area contributed by atoms with Crippen LogP contribution in [0.3, 0.4) is 0 Å². The maximum atomic E-state index is 12.8. The number of rotatable bonds is 6. The van der Waals surface area contributed by atoms with Crippen molar-refractivity contribution < 1.29 is 13.2 Å². The Bertz CT molecular complexity index is 929. The zero-order valence-electron chi connectivity index (χ0n) is 15.9. The van der Waals surface area contributed by atoms with Gasteiger partial charge in [-0.25, -0.2) is 12.7 Å². The Kier molecular flexibility index (Phi) is 6.75. The lowest BCUT2D eigenvalue weighted by Crippen LogP contribution is -2.44. The summed E-state index contributed by atoms with van der Waals surface area (Å²) in [7, 11) is -3.51. The molecule has 1 heterocycles. The molecule has 1 unspecified atom stereocenters. The number of hydrogen-bond acceptors (Lipinski definition) is 3. The van der Waals surface area contributed by atoms with Gasteiger partial charge in [-0.2, -0.15) is 0 Å². The van der Waals surface area contributed by atoms with Gasteiger partial charge in [0, 0.05) is 23.8 Å². The first-order valence-electron chi connectivity index (χ1n) is 9.49. The lowest BCUT2D eigenvalue weighted by Gasteiger charge is -2.31. The van der Waals surface area contributed by atoms with Gasteiger partial charge in [-0.3, -0.25) is 4.79 Å². The molecule has 3 rings (SSSR count). The van der Waals surface area contributed by atoms with E-state index in [1.54, 1.807) is 24.3 Å². The van der Waals surface area contributed by atoms with Gasteiger partial charge in [0.05, 0.1) is 11.7 Å². The van der Waals surface area contributed by atoms with Crippen LogP contribution in [0.5, 0.6) is 0 Å². The van der Waals surface area contributed by atoms with Gasteiger partial charge >= 0.3 is 0 Å². The Morgan fingerprint density at radius 1 is 1.18 bits per heavy atom. The molecule has 1 aliphatic rings. The average molecular weight is 421 g/mol. The van der Waals surface area contributed by atoms with Crippen molar-refractivity contribution in [3.8, 4) is 0 Å². The predicted molar refractivity (Wildman–Crippen MR) is 113 cm³/mol. The first kappa shape index (κ1) is 20.8. The summed E-state index contributed by atoms with van der Waals surface area (Å²) in [4.78, 5) is 12.6. The molecule has 7 heteroatoms. The topological polar surface area (TPSA) is 66.5 Å². The molecule has 2 aromatic rings. The number of nitrogens with zero attached hydrogens (tertiary/aromatic N) is 1. The molecule has 150 valence electrons. The lowest BCUT2D eigenvalue weighted by atomic mass is 9.98. The highest BCUT2D eigenvalue weighted by molar-refractivity contribution is 7.88. The summed E-state index contributed by atoms with van der Waals surface area (Å²) in [5.74, 6) is -0.596. The van der Waals surface area contributed by atoms with E-state index in [2.05, 4.69) is 12.2 Å². The van der Waals surface area contributed by atoms with Crippen LogP contribution in [0.15, 0.2) is 48.5 Å². The molecule has 5 nitrogen and oxygen atoms in total. The molecule has 1 amide bonds. The fourth-order valence-electron chi connectivity index (χ4n) is 3.41. The molecule has 28 heavy (non-hydrogen) atoms. The number of piperidine rings is 1. The molecule has 1 fully saturated rings. The molecule has 0 spiro atoms. The number of amides is 1. The van der Waals surface area contributed by atoms with Crippen molar-refractivity contribution in [1.82, 2.24) is 4.31 Å². The van der Waals surface area contributed by atoms with E-state index in [4.69, 9.17) is 11.6 Å². The van der Waals surface area contributed by atoms with E-state index in [1.165, 1.54) is 9.87 Å². The fraction of sp³-hybridized carbons (Fsp3) is 0.381. The van der Waals surface area contributed by atoms with Crippen LogP contribution in [0.25, 0.3) is 0 Å². The number of carbonyl (C=O) groups excluding carboxylic acids is 1. The maximum absolute atomic E-state index is 12.8. The van der Waals surface area contributed by atoms with E-state index in [0.29, 0.717) is 30.0 Å². The zero-order chi connectivity index (χ0) is 20.1. The second kappa shape index (κ2) is 9.07. The van der Waals surface area contributed by atoms with E-state index in [-0.39, 0.29) is 24.1 Å². The van der Waals surface area contributed by atoms with Crippen LogP contribution >= 0.6 is 11.6 Å². The van der Waals surface area contributed by atoms with Crippen LogP contribution in [0.2, 0.25) is 5.02 Å². The number of hydrogen-bond donors (Lipinski definition) is 1. The minimum Gasteiger partial charge on any atom is -0.326 e. The first-order valence-corrected chi connectivity index (χ1v) is 11.5. The normalized spacial score (nSPS) is 18.0. The Hall–Kier alpha value is -1.89. The zero-order valence-corrected chi connectivity index (χ0v) is 17.5. The van der Waals surface area contributed by atoms with Gasteiger partial charge in [0.1, 0.15) is 0 Å². The Labute approximate surface area is 171 Å². The van der Waals surface area contributed by atoms with Crippen molar-refractivity contribution in [2.45, 2.75) is 31.9 Å². The Morgan fingerprint density at radius 3 is 2.61 bits per heavy atom. The largest absolute Gasteiger partial charge is 0.326 e. The molecule has 0 radical (unpaired) electrons. The van der Waals surface area contributed by atoms with E-state index in [0.717, 1.165) is 12.1 Å². The number of carbonyl (C=O) groups is 1. The quantitative estimate of drug-likeness (QED) is 0.765. The number of anilines is 1. The molecule has 1 atom stereocenters. The molecule has 0 aliphatic carbocycles. The summed E-state index contributed by atoms with van der Waals surface area (Å²) in [6.07, 6.45) is 2.29. The fourth-order valence-corrected chi connectivity index (χ4v) is 5.22. The number of nitrogens with one attached hydrogen (secondary N) is 1. The SMILES string of the molecule is CCc1ccc(NC(=O)C2CCCN(S(=O)(=O)Cc3cccc(Cl)c3)C2)cc1. The lowest BCUT2D eigenvalue weighted by molar-refractivity contribution is -0.120. The third-order valence-corrected chi connectivity index (χ3v) is 7.07. The van der Waals surface area contributed by atoms with Gasteiger partial charge in [0.15, 0.2) is 0 Å². The molecule has 0 saturated carbocycles. The van der Waals surface area contributed by atoms with Crippen LogP contribution < -0.4 is 5.32 Å². The van der Waals surface area contributed by atoms with Gasteiger partial charge in [0.25, 0.3) is 0 Å². The maximum Gasteiger partial charge on any atom is 0.228 e. The van der Waals surface area contributed by atoms with E-state index in [9.17, 15) is 13.2 Å². The first-order chi connectivity index (χ1) is 13.4. The summed E-state index contributed by atoms with van der Waals surface area (Å²) < 4.78 is 27.1. The summed E-state index contributed by atoms with van der Waals surface area (Å²) in [5.41, 5.74) is 2.59. The monoisotopic (exact) mass is 420 g/mol. The smallest absolute Gasteiger partial charge is 0.228 e. The molecule has 0 bridgehead atoms. The Morgan fingerprint density at radius 2 is 1.93 bits per heavy atom. The van der Waals surface area contributed by atoms with Crippen LogP contribution in [0.1, 0.15) is 30.9 Å². The third kappa shape index (κ3) is 5.34. The molecule has 1 aliphatic heterocycles. The van der Waals surface area contributed by atoms with Gasteiger partial charge in [-0.1, -0.05) is 42.8 Å². The highest BCUT2D eigenvalue weighted by atomic mass is 35.5. The van der Waals surface area contributed by atoms with Crippen LogP contribution in [0.4, 0.5) is 5.69 Å². The van der Waals surface area contributed by atoms with Gasteiger partial charge in [-0.15, -0.1) is 0 Å². The predicted octanol–water partition coefficient (Wildman–Crippen LogP) is 4.08. The van der Waals surface area contributed by atoms with E-state index < -0.39 is 10.0 Å². The number of halogens is 1. The van der Waals surface area contributed by atoms with Crippen LogP contribution in [0, 0.1) is 5.92 Å². The van der Waals surface area contributed by atoms with Crippen LogP contribution in [-0.2, 0) is 27.0 Å². The minimum absolute atomic E-state index is 0.111. The summed E-state index contributed by atoms with van der Waals surface area (Å²) >= 11 is 5.96. The molecule has 2 aromatic carbocycles. The summed E-state index contributed by atoms with van der Waals surface area (Å²) in [5, 5.41) is 3.43. The second-order valence-electron chi connectivity index (χ2n) is 7.12. The van der Waals surface area contributed by atoms with Crippen molar-refractivity contribution in [3.63, 3.8) is 0 Å². The molecular formula is C21H25ClN2O3S. The van der Waals surface area contributed by atoms with Gasteiger partial charge < -0.3 is 5.32 Å². The minimum atomic E-state index is -3.51. The summed E-state index contributed by atoms with van der Waals surface area (Å²) in [6.45, 7) is 2.73. The van der Waals surface area contributed by atoms with Crippen LogP contribution in [-0.4, -0.2) is 31.7 Å². The second-order valence-corrected chi connectivity index (χ2v) is 9.53. The summed E-state index contributed by atoms with van der Waals surface area (Å²) in [6, 6.07) is 14.6. The number of sulfonamides is 1. The third-order valence-electron chi connectivity index (χ3n) is 5.02. The van der Waals surface area contributed by atoms with Crippen molar-refractivity contribution >= 4 is 33.2 Å². The van der Waals surface area contributed by atoms with Gasteiger partial charge in [0.2, 0.25) is 15.9 Å². The number of benzene rings is 2.